The van der Waals surface area contributed by atoms with Crippen molar-refractivity contribution in [1.82, 2.24) is 10.6 Å². The highest BCUT2D eigenvalue weighted by Crippen LogP contribution is 2.43. The molecule has 0 spiro atoms. The van der Waals surface area contributed by atoms with Gasteiger partial charge in [-0.1, -0.05) is 13.8 Å². The molecule has 6 heteroatoms. The summed E-state index contributed by atoms with van der Waals surface area (Å²) in [5.41, 5.74) is 0.947. The summed E-state index contributed by atoms with van der Waals surface area (Å²) in [5.74, 6) is 0. The fourth-order valence-electron chi connectivity index (χ4n) is 2.60. The number of hydrogen-bond donors (Lipinski definition) is 2. The molecule has 1 aromatic rings. The molecule has 130 valence electrons. The molecule has 2 heterocycles. The molecule has 0 saturated heterocycles. The third-order valence-electron chi connectivity index (χ3n) is 3.73. The number of thioether (sulfide) groups is 1. The van der Waals surface area contributed by atoms with Gasteiger partial charge in [0.2, 0.25) is 0 Å². The van der Waals surface area contributed by atoms with Gasteiger partial charge in [0.1, 0.15) is 5.60 Å². The minimum Gasteiger partial charge on any atom is -0.444 e. The molecule has 0 saturated carbocycles. The molecule has 23 heavy (non-hydrogen) atoms. The lowest BCUT2D eigenvalue weighted by Gasteiger charge is -2.29. The van der Waals surface area contributed by atoms with Crippen LogP contribution in [-0.4, -0.2) is 29.5 Å². The smallest absolute Gasteiger partial charge is 0.407 e. The summed E-state index contributed by atoms with van der Waals surface area (Å²) in [5, 5.41) is 9.39. The largest absolute Gasteiger partial charge is 0.444 e. The molecule has 0 aliphatic carbocycles. The van der Waals surface area contributed by atoms with E-state index in [4.69, 9.17) is 4.74 Å². The molecule has 4 nitrogen and oxygen atoms in total. The summed E-state index contributed by atoms with van der Waals surface area (Å²) in [6.45, 7) is 10.8. The van der Waals surface area contributed by atoms with Gasteiger partial charge >= 0.3 is 6.09 Å². The van der Waals surface area contributed by atoms with E-state index < -0.39 is 5.60 Å². The molecular formula is C17H28N2O2S2. The average molecular weight is 357 g/mol. The zero-order valence-electron chi connectivity index (χ0n) is 14.6. The first kappa shape index (κ1) is 18.6. The number of nitrogens with one attached hydrogen (secondary N) is 2. The summed E-state index contributed by atoms with van der Waals surface area (Å²) in [6.07, 6.45) is 1.66. The number of carbonyl (C=O) groups excluding carboxylic acids is 1. The van der Waals surface area contributed by atoms with E-state index in [2.05, 4.69) is 35.9 Å². The summed E-state index contributed by atoms with van der Waals surface area (Å²) in [4.78, 5) is 11.9. The van der Waals surface area contributed by atoms with Gasteiger partial charge < -0.3 is 15.4 Å². The molecule has 0 radical (unpaired) electrons. The summed E-state index contributed by atoms with van der Waals surface area (Å²) in [7, 11) is 0. The Bertz CT molecular complexity index is 525. The lowest BCUT2D eigenvalue weighted by atomic mass is 10.0. The quantitative estimate of drug-likeness (QED) is 0.811. The molecule has 1 aromatic heterocycles. The van der Waals surface area contributed by atoms with Crippen LogP contribution < -0.4 is 10.6 Å². The van der Waals surface area contributed by atoms with Crippen LogP contribution in [0.2, 0.25) is 0 Å². The standard InChI is InChI=1S/C17H28N2O2S2/c1-6-12(19-16(20)21-17(3,4)5)10-18-14-9-11(2)23-15-13(14)7-8-22-15/h7-8,11-12,14,18H,6,9-10H2,1-5H3,(H,19,20)/t11-,12?,14?/m0/s1. The lowest BCUT2D eigenvalue weighted by molar-refractivity contribution is 0.0501. The molecule has 0 bridgehead atoms. The van der Waals surface area contributed by atoms with Gasteiger partial charge in [0.15, 0.2) is 0 Å². The van der Waals surface area contributed by atoms with Crippen LogP contribution in [0, 0.1) is 0 Å². The van der Waals surface area contributed by atoms with Gasteiger partial charge in [-0.05, 0) is 50.6 Å². The van der Waals surface area contributed by atoms with Crippen LogP contribution >= 0.6 is 23.1 Å². The molecule has 2 rings (SSSR count). The zero-order valence-corrected chi connectivity index (χ0v) is 16.3. The van der Waals surface area contributed by atoms with Gasteiger partial charge in [-0.2, -0.15) is 0 Å². The van der Waals surface area contributed by atoms with Crippen LogP contribution in [0.3, 0.4) is 0 Å². The third-order valence-corrected chi connectivity index (χ3v) is 6.08. The van der Waals surface area contributed by atoms with Gasteiger partial charge in [-0.3, -0.25) is 0 Å². The van der Waals surface area contributed by atoms with E-state index in [0.29, 0.717) is 11.3 Å². The Labute approximate surface area is 147 Å². The van der Waals surface area contributed by atoms with E-state index in [0.717, 1.165) is 19.4 Å². The van der Waals surface area contributed by atoms with Gasteiger partial charge in [0, 0.05) is 23.9 Å². The van der Waals surface area contributed by atoms with Gasteiger partial charge in [-0.15, -0.1) is 23.1 Å². The normalized spacial score (nSPS) is 22.3. The highest BCUT2D eigenvalue weighted by molar-refractivity contribution is 8.01. The maximum Gasteiger partial charge on any atom is 0.407 e. The summed E-state index contributed by atoms with van der Waals surface area (Å²) >= 11 is 3.79. The molecule has 1 amide bonds. The van der Waals surface area contributed by atoms with Crippen LogP contribution in [0.5, 0.6) is 0 Å². The Kier molecular flexibility index (Phi) is 6.40. The molecule has 2 N–H and O–H groups in total. The molecular weight excluding hydrogens is 328 g/mol. The Morgan fingerprint density at radius 1 is 1.48 bits per heavy atom. The van der Waals surface area contributed by atoms with E-state index in [9.17, 15) is 4.79 Å². The number of amides is 1. The number of thiophene rings is 1. The van der Waals surface area contributed by atoms with Crippen molar-refractivity contribution in [3.8, 4) is 0 Å². The number of fused-ring (bicyclic) bond motifs is 1. The Morgan fingerprint density at radius 3 is 2.87 bits per heavy atom. The highest BCUT2D eigenvalue weighted by Gasteiger charge is 2.27. The fourth-order valence-corrected chi connectivity index (χ4v) is 5.17. The van der Waals surface area contributed by atoms with E-state index in [1.165, 1.54) is 9.77 Å². The second kappa shape index (κ2) is 7.90. The third kappa shape index (κ3) is 5.69. The van der Waals surface area contributed by atoms with E-state index >= 15 is 0 Å². The van der Waals surface area contributed by atoms with E-state index in [1.54, 1.807) is 0 Å². The zero-order chi connectivity index (χ0) is 17.0. The van der Waals surface area contributed by atoms with Crippen molar-refractivity contribution in [1.29, 1.82) is 0 Å². The van der Waals surface area contributed by atoms with Crippen molar-refractivity contribution in [2.45, 2.75) is 74.6 Å². The van der Waals surface area contributed by atoms with Crippen molar-refractivity contribution >= 4 is 29.2 Å². The molecule has 1 aliphatic heterocycles. The fraction of sp³-hybridized carbons (Fsp3) is 0.706. The Morgan fingerprint density at radius 2 is 2.22 bits per heavy atom. The van der Waals surface area contributed by atoms with Gasteiger partial charge in [-0.25, -0.2) is 4.79 Å². The van der Waals surface area contributed by atoms with Crippen molar-refractivity contribution in [3.05, 3.63) is 17.0 Å². The molecule has 3 atom stereocenters. The summed E-state index contributed by atoms with van der Waals surface area (Å²) < 4.78 is 6.77. The summed E-state index contributed by atoms with van der Waals surface area (Å²) in [6, 6.07) is 2.68. The molecule has 0 aromatic carbocycles. The molecule has 1 aliphatic rings. The minimum atomic E-state index is -0.461. The predicted molar refractivity (Wildman–Crippen MR) is 98.4 cm³/mol. The van der Waals surface area contributed by atoms with Gasteiger partial charge in [0.05, 0.1) is 4.21 Å². The second-order valence-corrected chi connectivity index (χ2v) is 9.66. The monoisotopic (exact) mass is 356 g/mol. The second-order valence-electron chi connectivity index (χ2n) is 7.04. The molecule has 2 unspecified atom stereocenters. The number of alkyl carbamates (subject to hydrolysis) is 1. The minimum absolute atomic E-state index is 0.0804. The van der Waals surface area contributed by atoms with Crippen molar-refractivity contribution < 1.29 is 9.53 Å². The number of rotatable bonds is 5. The van der Waals surface area contributed by atoms with Crippen molar-refractivity contribution in [2.24, 2.45) is 0 Å². The molecule has 0 fully saturated rings. The number of hydrogen-bond acceptors (Lipinski definition) is 5. The van der Waals surface area contributed by atoms with Crippen LogP contribution in [-0.2, 0) is 4.74 Å². The van der Waals surface area contributed by atoms with Crippen molar-refractivity contribution in [2.75, 3.05) is 6.54 Å². The maximum atomic E-state index is 11.9. The first-order valence-corrected chi connectivity index (χ1v) is 10.0. The Hall–Kier alpha value is -0.720. The van der Waals surface area contributed by atoms with E-state index in [-0.39, 0.29) is 12.1 Å². The first-order chi connectivity index (χ1) is 10.8. The SMILES string of the molecule is CCC(CNC1C[C@H](C)Sc2sccc21)NC(=O)OC(C)(C)C. The topological polar surface area (TPSA) is 50.4 Å². The van der Waals surface area contributed by atoms with Crippen LogP contribution in [0.1, 0.15) is 59.1 Å². The van der Waals surface area contributed by atoms with Crippen LogP contribution in [0.25, 0.3) is 0 Å². The van der Waals surface area contributed by atoms with Gasteiger partial charge in [0.25, 0.3) is 0 Å². The highest BCUT2D eigenvalue weighted by atomic mass is 32.2. The van der Waals surface area contributed by atoms with Crippen molar-refractivity contribution in [3.63, 3.8) is 0 Å². The van der Waals surface area contributed by atoms with E-state index in [1.807, 2.05) is 43.9 Å². The Balaban J connectivity index is 1.88. The predicted octanol–water partition coefficient (Wildman–Crippen LogP) is 4.57. The van der Waals surface area contributed by atoms with Crippen LogP contribution in [0.15, 0.2) is 15.7 Å². The lowest BCUT2D eigenvalue weighted by Crippen LogP contribution is -2.45. The number of carbonyl (C=O) groups is 1. The number of ether oxygens (including phenoxy) is 1. The maximum absolute atomic E-state index is 11.9. The first-order valence-electron chi connectivity index (χ1n) is 8.25. The average Bonchev–Trinajstić information content (AvgIpc) is 2.89. The van der Waals surface area contributed by atoms with Crippen LogP contribution in [0.4, 0.5) is 4.79 Å².